The number of hydrogen-bond donors (Lipinski definition) is 0. The molecule has 1 aliphatic rings. The van der Waals surface area contributed by atoms with Crippen molar-refractivity contribution in [1.29, 1.82) is 0 Å². The lowest BCUT2D eigenvalue weighted by atomic mass is 10.0. The van der Waals surface area contributed by atoms with Gasteiger partial charge in [-0.1, -0.05) is 0 Å². The van der Waals surface area contributed by atoms with Gasteiger partial charge in [0, 0.05) is 0 Å². The van der Waals surface area contributed by atoms with Gasteiger partial charge < -0.3 is 0 Å². The van der Waals surface area contributed by atoms with Crippen molar-refractivity contribution in [2.45, 2.75) is 45.6 Å². The molecule has 0 aliphatic heterocycles. The first-order valence-electron chi connectivity index (χ1n) is 4.72. The van der Waals surface area contributed by atoms with E-state index in [1.165, 1.54) is 24.2 Å². The van der Waals surface area contributed by atoms with Crippen LogP contribution in [0.15, 0.2) is 0 Å². The molecule has 0 fully saturated rings. The molecule has 0 unspecified atom stereocenters. The lowest BCUT2D eigenvalue weighted by Gasteiger charge is -2.05. The number of fused-ring (bicyclic) bond motifs is 1. The van der Waals surface area contributed by atoms with E-state index >= 15 is 0 Å². The van der Waals surface area contributed by atoms with Gasteiger partial charge in [-0.2, -0.15) is 15.0 Å². The normalized spacial score (nSPS) is 16.6. The molecular formula is C9H15N3. The topological polar surface area (TPSA) is 30.7 Å². The molecule has 1 aromatic rings. The van der Waals surface area contributed by atoms with Crippen LogP contribution in [-0.2, 0) is 12.8 Å². The maximum absolute atomic E-state index is 4.46. The van der Waals surface area contributed by atoms with Crippen LogP contribution < -0.4 is 0 Å². The third-order valence-corrected chi connectivity index (χ3v) is 2.32. The molecule has 1 aliphatic carbocycles. The van der Waals surface area contributed by atoms with Gasteiger partial charge in [-0.25, -0.2) is 0 Å². The molecule has 3 nitrogen and oxygen atoms in total. The Morgan fingerprint density at radius 3 is 2.00 bits per heavy atom. The average molecular weight is 165 g/mol. The molecule has 12 heavy (non-hydrogen) atoms. The molecule has 0 radical (unpaired) electrons. The Balaban J connectivity index is 2.32. The molecule has 66 valence electrons. The second-order valence-corrected chi connectivity index (χ2v) is 3.71. The number of aromatic nitrogens is 3. The second kappa shape index (κ2) is 2.88. The second-order valence-electron chi connectivity index (χ2n) is 3.71. The van der Waals surface area contributed by atoms with Crippen LogP contribution >= 0.6 is 0 Å². The first-order chi connectivity index (χ1) is 5.77. The summed E-state index contributed by atoms with van der Waals surface area (Å²) in [7, 11) is 0. The van der Waals surface area contributed by atoms with E-state index in [1.54, 1.807) is 0 Å². The van der Waals surface area contributed by atoms with Crippen molar-refractivity contribution >= 4 is 0 Å². The Bertz CT molecular complexity index is 252. The maximum atomic E-state index is 4.46. The minimum Gasteiger partial charge on any atom is -0.182 e. The quantitative estimate of drug-likeness (QED) is 0.634. The van der Waals surface area contributed by atoms with Gasteiger partial charge in [-0.05, 0) is 39.5 Å². The molecule has 0 atom stereocenters. The fraction of sp³-hybridized carbons (Fsp3) is 0.778. The Labute approximate surface area is 72.8 Å². The van der Waals surface area contributed by atoms with E-state index in [4.69, 9.17) is 0 Å². The van der Waals surface area contributed by atoms with Gasteiger partial charge in [0.1, 0.15) is 0 Å². The minimum absolute atomic E-state index is 0.399. The molecule has 2 rings (SSSR count). The highest BCUT2D eigenvalue weighted by Crippen LogP contribution is 2.17. The lowest BCUT2D eigenvalue weighted by Crippen LogP contribution is -2.04. The first-order valence-corrected chi connectivity index (χ1v) is 4.72. The van der Waals surface area contributed by atoms with E-state index < -0.39 is 0 Å². The third-order valence-electron chi connectivity index (χ3n) is 2.32. The third kappa shape index (κ3) is 1.24. The summed E-state index contributed by atoms with van der Waals surface area (Å²) in [6, 6.07) is 0.399. The highest BCUT2D eigenvalue weighted by atomic mass is 15.5. The lowest BCUT2D eigenvalue weighted by molar-refractivity contribution is 0.461. The highest BCUT2D eigenvalue weighted by Gasteiger charge is 2.15. The van der Waals surface area contributed by atoms with E-state index in [-0.39, 0.29) is 0 Å². The van der Waals surface area contributed by atoms with Crippen LogP contribution in [0.4, 0.5) is 0 Å². The van der Waals surface area contributed by atoms with Crippen LogP contribution in [-0.4, -0.2) is 15.0 Å². The molecule has 1 aromatic heterocycles. The molecule has 3 heteroatoms. The van der Waals surface area contributed by atoms with Crippen molar-refractivity contribution in [1.82, 2.24) is 15.0 Å². The van der Waals surface area contributed by atoms with Gasteiger partial charge in [0.25, 0.3) is 0 Å². The van der Waals surface area contributed by atoms with E-state index in [9.17, 15) is 0 Å². The summed E-state index contributed by atoms with van der Waals surface area (Å²) in [5.74, 6) is 0. The summed E-state index contributed by atoms with van der Waals surface area (Å²) in [5.41, 5.74) is 2.46. The van der Waals surface area contributed by atoms with Crippen LogP contribution in [0.2, 0.25) is 0 Å². The van der Waals surface area contributed by atoms with Crippen molar-refractivity contribution < 1.29 is 0 Å². The van der Waals surface area contributed by atoms with Crippen LogP contribution in [0.3, 0.4) is 0 Å². The zero-order chi connectivity index (χ0) is 8.55. The van der Waals surface area contributed by atoms with Crippen LogP contribution in [0.5, 0.6) is 0 Å². The Morgan fingerprint density at radius 2 is 1.58 bits per heavy atom. The van der Waals surface area contributed by atoms with E-state index in [2.05, 4.69) is 24.0 Å². The Hall–Kier alpha value is -0.860. The molecule has 0 spiro atoms. The molecule has 0 saturated heterocycles. The van der Waals surface area contributed by atoms with Crippen molar-refractivity contribution in [2.24, 2.45) is 0 Å². The molecule has 0 N–H and O–H groups in total. The summed E-state index contributed by atoms with van der Waals surface area (Å²) in [6.07, 6.45) is 4.82. The maximum Gasteiger partial charge on any atom is 0.0859 e. The van der Waals surface area contributed by atoms with Gasteiger partial charge in [-0.15, -0.1) is 0 Å². The summed E-state index contributed by atoms with van der Waals surface area (Å²) in [4.78, 5) is 1.84. The molecule has 0 bridgehead atoms. The van der Waals surface area contributed by atoms with Gasteiger partial charge in [-0.3, -0.25) is 0 Å². The summed E-state index contributed by atoms with van der Waals surface area (Å²) >= 11 is 0. The van der Waals surface area contributed by atoms with Crippen LogP contribution in [0, 0.1) is 0 Å². The smallest absolute Gasteiger partial charge is 0.0859 e. The average Bonchev–Trinajstić information content (AvgIpc) is 2.46. The Kier molecular flexibility index (Phi) is 1.87. The monoisotopic (exact) mass is 165 g/mol. The first kappa shape index (κ1) is 7.77. The number of hydrogen-bond acceptors (Lipinski definition) is 2. The fourth-order valence-electron chi connectivity index (χ4n) is 1.59. The molecular weight excluding hydrogens is 150 g/mol. The zero-order valence-corrected chi connectivity index (χ0v) is 7.75. The van der Waals surface area contributed by atoms with Crippen LogP contribution in [0.25, 0.3) is 0 Å². The van der Waals surface area contributed by atoms with Crippen molar-refractivity contribution in [3.8, 4) is 0 Å². The van der Waals surface area contributed by atoms with Gasteiger partial charge in [0.2, 0.25) is 0 Å². The van der Waals surface area contributed by atoms with E-state index in [1.807, 2.05) is 4.80 Å². The molecule has 0 aromatic carbocycles. The predicted octanol–water partition coefficient (Wildman–Crippen LogP) is 1.74. The summed E-state index contributed by atoms with van der Waals surface area (Å²) in [5, 5.41) is 8.91. The molecule has 0 amide bonds. The summed E-state index contributed by atoms with van der Waals surface area (Å²) < 4.78 is 0. The highest BCUT2D eigenvalue weighted by molar-refractivity contribution is 5.11. The van der Waals surface area contributed by atoms with Crippen molar-refractivity contribution in [2.75, 3.05) is 0 Å². The largest absolute Gasteiger partial charge is 0.182 e. The van der Waals surface area contributed by atoms with Crippen LogP contribution in [0.1, 0.15) is 44.1 Å². The zero-order valence-electron chi connectivity index (χ0n) is 7.75. The predicted molar refractivity (Wildman–Crippen MR) is 47.0 cm³/mol. The van der Waals surface area contributed by atoms with Crippen molar-refractivity contribution in [3.63, 3.8) is 0 Å². The molecule has 0 saturated carbocycles. The van der Waals surface area contributed by atoms with Gasteiger partial charge in [0.05, 0.1) is 17.4 Å². The Morgan fingerprint density at radius 1 is 1.08 bits per heavy atom. The van der Waals surface area contributed by atoms with E-state index in [0.717, 1.165) is 12.8 Å². The summed E-state index contributed by atoms with van der Waals surface area (Å²) in [6.45, 7) is 4.23. The SMILES string of the molecule is CC(C)n1nc2c(n1)CCCC2. The number of aryl methyl sites for hydroxylation is 2. The minimum atomic E-state index is 0.399. The van der Waals surface area contributed by atoms with Gasteiger partial charge in [0.15, 0.2) is 0 Å². The molecule has 1 heterocycles. The fourth-order valence-corrected chi connectivity index (χ4v) is 1.59. The van der Waals surface area contributed by atoms with Crippen molar-refractivity contribution in [3.05, 3.63) is 11.4 Å². The standard InChI is InChI=1S/C9H15N3/c1-7(2)12-10-8-5-3-4-6-9(8)11-12/h7H,3-6H2,1-2H3. The number of nitrogens with zero attached hydrogens (tertiary/aromatic N) is 3. The van der Waals surface area contributed by atoms with Gasteiger partial charge >= 0.3 is 0 Å². The van der Waals surface area contributed by atoms with E-state index in [0.29, 0.717) is 6.04 Å². The number of rotatable bonds is 1.